The second-order valence-corrected chi connectivity index (χ2v) is 18.7. The molecule has 1 fully saturated rings. The quantitative estimate of drug-likeness (QED) is 0.0132. The first kappa shape index (κ1) is 59.0. The van der Waals surface area contributed by atoms with Crippen molar-refractivity contribution in [1.29, 1.82) is 0 Å². The number of phosphoric acid groups is 2. The molecule has 5 unspecified atom stereocenters. The van der Waals surface area contributed by atoms with Crippen molar-refractivity contribution in [3.63, 3.8) is 0 Å². The molecule has 63 heavy (non-hydrogen) atoms. The summed E-state index contributed by atoms with van der Waals surface area (Å²) in [4.78, 5) is 54.2. The number of hydrogen-bond donors (Lipinski definition) is 7. The fourth-order valence-corrected chi connectivity index (χ4v) is 8.38. The third-order valence-electron chi connectivity index (χ3n) is 10.4. The highest BCUT2D eigenvalue weighted by atomic mass is 31.2. The summed E-state index contributed by atoms with van der Waals surface area (Å²) in [5.41, 5.74) is 0. The summed E-state index contributed by atoms with van der Waals surface area (Å²) in [6.07, 6.45) is 25.0. The molecule has 0 amide bonds. The Morgan fingerprint density at radius 3 is 1.48 bits per heavy atom. The standard InChI is InChI=1S/C45H80O16P2/c1-3-5-7-9-11-13-15-17-18-19-20-22-23-25-27-29-31-33-38(46)57-35-37(59-39(47)34-32-30-28-26-24-21-16-14-12-10-8-6-4-2)36-58-63(55,56)61-45-42(50)40(48)41(49)44(43(45)51)60-62(52,53)54/h5,7,11,13,17-18,20,22,37,40-45,48-51H,3-4,6,8-10,12,14-16,19,21,23-36H2,1-2H3,(H,55,56)(H2,52,53,54)/b7-5-,13-11-,18-17-,22-20-/t37-,40?,41?,42?,43?,44-,45+/m1/s1. The highest BCUT2D eigenvalue weighted by molar-refractivity contribution is 7.47. The third-order valence-corrected chi connectivity index (χ3v) is 11.9. The lowest BCUT2D eigenvalue weighted by atomic mass is 9.85. The summed E-state index contributed by atoms with van der Waals surface area (Å²) < 4.78 is 49.3. The van der Waals surface area contributed by atoms with Crippen LogP contribution in [0.1, 0.15) is 168 Å². The normalized spacial score (nSPS) is 22.4. The summed E-state index contributed by atoms with van der Waals surface area (Å²) in [5.74, 6) is -1.23. The molecular formula is C45H80O16P2. The largest absolute Gasteiger partial charge is 0.472 e. The van der Waals surface area contributed by atoms with Crippen LogP contribution >= 0.6 is 15.6 Å². The van der Waals surface area contributed by atoms with Crippen LogP contribution in [0.4, 0.5) is 0 Å². The molecule has 1 saturated carbocycles. The zero-order valence-corrected chi connectivity index (χ0v) is 39.5. The van der Waals surface area contributed by atoms with Crippen LogP contribution in [0.25, 0.3) is 0 Å². The van der Waals surface area contributed by atoms with Gasteiger partial charge in [0, 0.05) is 12.8 Å². The lowest BCUT2D eigenvalue weighted by molar-refractivity contribution is -0.216. The molecule has 0 heterocycles. The molecule has 0 spiro atoms. The van der Waals surface area contributed by atoms with E-state index in [0.717, 1.165) is 77.0 Å². The van der Waals surface area contributed by atoms with Crippen LogP contribution in [0.3, 0.4) is 0 Å². The number of rotatable bonds is 38. The Hall–Kier alpha value is -2.04. The summed E-state index contributed by atoms with van der Waals surface area (Å²) >= 11 is 0. The number of esters is 2. The van der Waals surface area contributed by atoms with E-state index in [4.69, 9.17) is 28.3 Å². The minimum absolute atomic E-state index is 0.0397. The maximum atomic E-state index is 13.0. The van der Waals surface area contributed by atoms with Crippen molar-refractivity contribution in [3.05, 3.63) is 48.6 Å². The third kappa shape index (κ3) is 30.7. The van der Waals surface area contributed by atoms with E-state index >= 15 is 0 Å². The summed E-state index contributed by atoms with van der Waals surface area (Å²) in [5, 5.41) is 41.2. The van der Waals surface area contributed by atoms with Gasteiger partial charge in [0.1, 0.15) is 43.2 Å². The SMILES string of the molecule is CC/C=C\C/C=C\C/C=C\C/C=C\CCCCCCC(=O)OC[C@H](COP(=O)(O)O[C@H]1C(O)C(O)C(O)[C@@H](OP(=O)(O)O)C1O)OC(=O)CCCCCCCCCCCCCCC. The van der Waals surface area contributed by atoms with Gasteiger partial charge in [-0.2, -0.15) is 0 Å². The molecule has 1 rings (SSSR count). The molecule has 366 valence electrons. The van der Waals surface area contributed by atoms with E-state index in [9.17, 15) is 44.0 Å². The van der Waals surface area contributed by atoms with Crippen molar-refractivity contribution < 1.29 is 76.9 Å². The Morgan fingerprint density at radius 2 is 0.968 bits per heavy atom. The van der Waals surface area contributed by atoms with Gasteiger partial charge in [-0.3, -0.25) is 23.2 Å². The first-order valence-electron chi connectivity index (χ1n) is 23.2. The first-order chi connectivity index (χ1) is 30.1. The zero-order valence-electron chi connectivity index (χ0n) is 37.7. The molecule has 8 atom stereocenters. The van der Waals surface area contributed by atoms with Crippen molar-refractivity contribution in [1.82, 2.24) is 0 Å². The minimum Gasteiger partial charge on any atom is -0.462 e. The van der Waals surface area contributed by atoms with Crippen LogP contribution in [0.2, 0.25) is 0 Å². The first-order valence-corrected chi connectivity index (χ1v) is 26.2. The van der Waals surface area contributed by atoms with Crippen LogP contribution < -0.4 is 0 Å². The lowest BCUT2D eigenvalue weighted by Crippen LogP contribution is -2.64. The summed E-state index contributed by atoms with van der Waals surface area (Å²) in [7, 11) is -10.7. The van der Waals surface area contributed by atoms with Gasteiger partial charge in [0.2, 0.25) is 0 Å². The van der Waals surface area contributed by atoms with Gasteiger partial charge in [0.05, 0.1) is 6.61 Å². The number of carbonyl (C=O) groups is 2. The van der Waals surface area contributed by atoms with Gasteiger partial charge < -0.3 is 44.6 Å². The van der Waals surface area contributed by atoms with E-state index in [-0.39, 0.29) is 12.8 Å². The number of phosphoric ester groups is 2. The Labute approximate surface area is 376 Å². The van der Waals surface area contributed by atoms with Gasteiger partial charge in [-0.25, -0.2) is 9.13 Å². The van der Waals surface area contributed by atoms with E-state index in [1.54, 1.807) is 0 Å². The van der Waals surface area contributed by atoms with E-state index in [1.165, 1.54) is 51.4 Å². The maximum absolute atomic E-state index is 13.0. The average Bonchev–Trinajstić information content (AvgIpc) is 3.23. The molecule has 0 aromatic carbocycles. The Balaban J connectivity index is 2.61. The van der Waals surface area contributed by atoms with Gasteiger partial charge in [-0.15, -0.1) is 0 Å². The second kappa shape index (κ2) is 36.1. The van der Waals surface area contributed by atoms with Crippen LogP contribution in [0.5, 0.6) is 0 Å². The molecule has 0 aromatic rings. The van der Waals surface area contributed by atoms with Crippen LogP contribution in [-0.4, -0.2) is 103 Å². The summed E-state index contributed by atoms with van der Waals surface area (Å²) in [6, 6.07) is 0. The molecule has 0 aliphatic heterocycles. The number of unbranched alkanes of at least 4 members (excludes halogenated alkanes) is 16. The smallest absolute Gasteiger partial charge is 0.462 e. The highest BCUT2D eigenvalue weighted by Gasteiger charge is 2.54. The van der Waals surface area contributed by atoms with E-state index in [2.05, 4.69) is 67.0 Å². The highest BCUT2D eigenvalue weighted by Crippen LogP contribution is 2.49. The van der Waals surface area contributed by atoms with Crippen LogP contribution in [-0.2, 0) is 41.8 Å². The van der Waals surface area contributed by atoms with Crippen LogP contribution in [0.15, 0.2) is 48.6 Å². The van der Waals surface area contributed by atoms with Crippen molar-refractivity contribution in [2.75, 3.05) is 13.2 Å². The zero-order chi connectivity index (χ0) is 46.8. The van der Waals surface area contributed by atoms with Gasteiger partial charge in [-0.1, -0.05) is 152 Å². The minimum atomic E-state index is -5.36. The Bertz CT molecular complexity index is 1420. The molecule has 1 aliphatic carbocycles. The molecule has 16 nitrogen and oxygen atoms in total. The molecule has 1 aliphatic rings. The van der Waals surface area contributed by atoms with Crippen molar-refractivity contribution in [2.45, 2.75) is 211 Å². The fourth-order valence-electron chi connectivity index (χ4n) is 6.84. The number of hydrogen-bond acceptors (Lipinski definition) is 13. The van der Waals surface area contributed by atoms with Gasteiger partial charge >= 0.3 is 27.6 Å². The molecule has 0 saturated heterocycles. The maximum Gasteiger partial charge on any atom is 0.472 e. The molecule has 0 radical (unpaired) electrons. The average molecular weight is 939 g/mol. The van der Waals surface area contributed by atoms with Crippen molar-refractivity contribution in [3.8, 4) is 0 Å². The van der Waals surface area contributed by atoms with Crippen molar-refractivity contribution >= 4 is 27.6 Å². The molecule has 18 heteroatoms. The molecule has 0 aromatic heterocycles. The number of carbonyl (C=O) groups excluding carboxylic acids is 2. The molecule has 0 bridgehead atoms. The molecule has 7 N–H and O–H groups in total. The number of aliphatic hydroxyl groups is 4. The number of aliphatic hydroxyl groups excluding tert-OH is 4. The number of allylic oxidation sites excluding steroid dienone is 8. The second-order valence-electron chi connectivity index (χ2n) is 16.1. The predicted molar refractivity (Wildman–Crippen MR) is 241 cm³/mol. The van der Waals surface area contributed by atoms with E-state index < -0.39 is 83.5 Å². The lowest BCUT2D eigenvalue weighted by Gasteiger charge is -2.43. The van der Waals surface area contributed by atoms with Crippen LogP contribution in [0, 0.1) is 0 Å². The Morgan fingerprint density at radius 1 is 0.524 bits per heavy atom. The van der Waals surface area contributed by atoms with E-state index in [0.29, 0.717) is 12.8 Å². The Kier molecular flexibility index (Phi) is 33.8. The fraction of sp³-hybridized carbons (Fsp3) is 0.778. The van der Waals surface area contributed by atoms with Crippen molar-refractivity contribution in [2.24, 2.45) is 0 Å². The molecular weight excluding hydrogens is 858 g/mol. The number of ether oxygens (including phenoxy) is 2. The van der Waals surface area contributed by atoms with Gasteiger partial charge in [-0.05, 0) is 51.4 Å². The van der Waals surface area contributed by atoms with E-state index in [1.807, 2.05) is 0 Å². The monoisotopic (exact) mass is 938 g/mol. The topological polar surface area (TPSA) is 256 Å². The van der Waals surface area contributed by atoms with Gasteiger partial charge in [0.15, 0.2) is 6.10 Å². The summed E-state index contributed by atoms with van der Waals surface area (Å²) in [6.45, 7) is 2.97. The van der Waals surface area contributed by atoms with Gasteiger partial charge in [0.25, 0.3) is 0 Å². The predicted octanol–water partition coefficient (Wildman–Crippen LogP) is 8.51.